The molecule has 4 nitrogen and oxygen atoms in total. The fourth-order valence-corrected chi connectivity index (χ4v) is 3.24. The van der Waals surface area contributed by atoms with Crippen molar-refractivity contribution in [2.75, 3.05) is 5.75 Å². The Morgan fingerprint density at radius 2 is 1.82 bits per heavy atom. The van der Waals surface area contributed by atoms with Gasteiger partial charge in [-0.2, -0.15) is 10.5 Å². The first-order valence-corrected chi connectivity index (χ1v) is 6.36. The molecule has 1 aromatic rings. The minimum Gasteiger partial charge on any atom is -0.223 e. The van der Waals surface area contributed by atoms with Crippen LogP contribution >= 0.6 is 0 Å². The van der Waals surface area contributed by atoms with E-state index in [0.29, 0.717) is 11.1 Å². The van der Waals surface area contributed by atoms with Crippen LogP contribution in [0.5, 0.6) is 0 Å². The average molecular weight is 242 g/mol. The van der Waals surface area contributed by atoms with Gasteiger partial charge in [0.25, 0.3) is 0 Å². The van der Waals surface area contributed by atoms with E-state index >= 15 is 0 Å². The maximum Gasteiger partial charge on any atom is 0.183 e. The highest BCUT2D eigenvalue weighted by molar-refractivity contribution is 7.92. The molecule has 0 spiro atoms. The number of fused-ring (bicyclic) bond motifs is 1. The summed E-state index contributed by atoms with van der Waals surface area (Å²) in [5.74, 6) is -0.209. The zero-order valence-electron chi connectivity index (χ0n) is 8.64. The van der Waals surface area contributed by atoms with E-state index in [0.717, 1.165) is 0 Å². The molecular formula is C12H6N2O2S. The molecular weight excluding hydrogens is 236 g/mol. The van der Waals surface area contributed by atoms with Crippen molar-refractivity contribution in [1.82, 2.24) is 0 Å². The highest BCUT2D eigenvalue weighted by Gasteiger charge is 2.29. The van der Waals surface area contributed by atoms with Crippen molar-refractivity contribution in [3.8, 4) is 12.1 Å². The third kappa shape index (κ3) is 1.86. The maximum absolute atomic E-state index is 11.8. The SMILES string of the molecule is N#CC(=C=C1CS(=O)(=O)c2ccccc21)C#N. The Bertz CT molecular complexity index is 723. The van der Waals surface area contributed by atoms with Crippen LogP contribution in [0.3, 0.4) is 0 Å². The number of nitriles is 2. The van der Waals surface area contributed by atoms with Crippen molar-refractivity contribution >= 4 is 15.4 Å². The largest absolute Gasteiger partial charge is 0.223 e. The fraction of sp³-hybridized carbons (Fsp3) is 0.0833. The molecule has 0 amide bonds. The second-order valence-electron chi connectivity index (χ2n) is 3.46. The molecule has 1 aromatic carbocycles. The monoisotopic (exact) mass is 242 g/mol. The van der Waals surface area contributed by atoms with E-state index in [4.69, 9.17) is 10.5 Å². The smallest absolute Gasteiger partial charge is 0.183 e. The van der Waals surface area contributed by atoms with Crippen molar-refractivity contribution < 1.29 is 8.42 Å². The third-order valence-electron chi connectivity index (χ3n) is 2.38. The lowest BCUT2D eigenvalue weighted by atomic mass is 10.1. The van der Waals surface area contributed by atoms with Gasteiger partial charge in [0.2, 0.25) is 0 Å². The molecule has 0 aromatic heterocycles. The van der Waals surface area contributed by atoms with E-state index in [9.17, 15) is 8.42 Å². The number of nitrogens with zero attached hydrogens (tertiary/aromatic N) is 2. The van der Waals surface area contributed by atoms with Gasteiger partial charge in [-0.05, 0) is 6.07 Å². The van der Waals surface area contributed by atoms with Crippen molar-refractivity contribution in [3.05, 3.63) is 41.1 Å². The van der Waals surface area contributed by atoms with Gasteiger partial charge in [0.1, 0.15) is 12.1 Å². The highest BCUT2D eigenvalue weighted by Crippen LogP contribution is 2.33. The predicted molar refractivity (Wildman–Crippen MR) is 60.2 cm³/mol. The quantitative estimate of drug-likeness (QED) is 0.509. The molecule has 0 N–H and O–H groups in total. The normalized spacial score (nSPS) is 15.3. The van der Waals surface area contributed by atoms with Crippen LogP contribution in [0.25, 0.3) is 5.57 Å². The van der Waals surface area contributed by atoms with E-state index in [1.54, 1.807) is 30.3 Å². The summed E-state index contributed by atoms with van der Waals surface area (Å²) in [6.45, 7) is 0. The number of sulfone groups is 1. The first-order valence-electron chi connectivity index (χ1n) is 4.70. The molecule has 2 rings (SSSR count). The van der Waals surface area contributed by atoms with Crippen LogP contribution in [0.15, 0.2) is 40.5 Å². The zero-order chi connectivity index (χ0) is 12.5. The van der Waals surface area contributed by atoms with Gasteiger partial charge in [-0.15, -0.1) is 0 Å². The molecule has 0 fully saturated rings. The third-order valence-corrected chi connectivity index (χ3v) is 4.08. The topological polar surface area (TPSA) is 81.7 Å². The number of rotatable bonds is 0. The van der Waals surface area contributed by atoms with E-state index in [-0.39, 0.29) is 16.2 Å². The Hall–Kier alpha value is -2.33. The molecule has 0 bridgehead atoms. The molecule has 17 heavy (non-hydrogen) atoms. The molecule has 1 aliphatic rings. The molecule has 0 atom stereocenters. The Morgan fingerprint density at radius 1 is 1.18 bits per heavy atom. The van der Waals surface area contributed by atoms with Crippen LogP contribution in [0, 0.1) is 22.7 Å². The summed E-state index contributed by atoms with van der Waals surface area (Å²) in [5, 5.41) is 17.3. The van der Waals surface area contributed by atoms with Crippen LogP contribution in [-0.4, -0.2) is 14.2 Å². The van der Waals surface area contributed by atoms with Gasteiger partial charge >= 0.3 is 0 Å². The van der Waals surface area contributed by atoms with Crippen LogP contribution < -0.4 is 0 Å². The summed E-state index contributed by atoms with van der Waals surface area (Å²) in [5.41, 5.74) is 3.24. The first kappa shape index (κ1) is 11.2. The molecule has 1 aliphatic heterocycles. The average Bonchev–Trinajstić information content (AvgIpc) is 2.59. The molecule has 0 saturated carbocycles. The summed E-state index contributed by atoms with van der Waals surface area (Å²) >= 11 is 0. The van der Waals surface area contributed by atoms with E-state index in [1.165, 1.54) is 6.07 Å². The number of hydrogen-bond donors (Lipinski definition) is 0. The van der Waals surface area contributed by atoms with Gasteiger partial charge in [0.15, 0.2) is 15.4 Å². The lowest BCUT2D eigenvalue weighted by Crippen LogP contribution is -1.97. The van der Waals surface area contributed by atoms with Crippen LogP contribution in [0.4, 0.5) is 0 Å². The van der Waals surface area contributed by atoms with Crippen molar-refractivity contribution in [1.29, 1.82) is 10.5 Å². The molecule has 1 heterocycles. The lowest BCUT2D eigenvalue weighted by Gasteiger charge is -1.94. The maximum atomic E-state index is 11.8. The molecule has 0 aliphatic carbocycles. The summed E-state index contributed by atoms with van der Waals surface area (Å²) in [6.07, 6.45) is 0. The van der Waals surface area contributed by atoms with Crippen LogP contribution in [-0.2, 0) is 9.84 Å². The summed E-state index contributed by atoms with van der Waals surface area (Å²) in [4.78, 5) is 0.234. The van der Waals surface area contributed by atoms with Crippen molar-refractivity contribution in [3.63, 3.8) is 0 Å². The minimum absolute atomic E-state index is 0.209. The van der Waals surface area contributed by atoms with Gasteiger partial charge < -0.3 is 0 Å². The van der Waals surface area contributed by atoms with Crippen molar-refractivity contribution in [2.45, 2.75) is 4.90 Å². The summed E-state index contributed by atoms with van der Waals surface area (Å²) in [7, 11) is -3.35. The van der Waals surface area contributed by atoms with Crippen LogP contribution in [0.1, 0.15) is 5.56 Å². The Morgan fingerprint density at radius 3 is 2.47 bits per heavy atom. The van der Waals surface area contributed by atoms with Gasteiger partial charge in [0, 0.05) is 11.1 Å². The first-order chi connectivity index (χ1) is 8.08. The molecule has 0 unspecified atom stereocenters. The standard InChI is InChI=1S/C12H6N2O2S/c13-6-9(7-14)5-10-8-17(15,16)12-4-2-1-3-11(10)12/h1-4H,8H2. The molecule has 0 saturated heterocycles. The summed E-state index contributed by atoms with van der Waals surface area (Å²) < 4.78 is 23.6. The minimum atomic E-state index is -3.35. The highest BCUT2D eigenvalue weighted by atomic mass is 32.2. The number of hydrogen-bond acceptors (Lipinski definition) is 4. The van der Waals surface area contributed by atoms with E-state index in [1.807, 2.05) is 0 Å². The number of benzene rings is 1. The fourth-order valence-electron chi connectivity index (χ4n) is 1.67. The van der Waals surface area contributed by atoms with Gasteiger partial charge in [-0.3, -0.25) is 0 Å². The predicted octanol–water partition coefficient (Wildman–Crippen LogP) is 1.43. The van der Waals surface area contributed by atoms with E-state index < -0.39 is 9.84 Å². The van der Waals surface area contributed by atoms with Crippen molar-refractivity contribution in [2.24, 2.45) is 0 Å². The van der Waals surface area contributed by atoms with Gasteiger partial charge in [-0.25, -0.2) is 8.42 Å². The Kier molecular flexibility index (Phi) is 2.57. The lowest BCUT2D eigenvalue weighted by molar-refractivity contribution is 0.601. The summed E-state index contributed by atoms with van der Waals surface area (Å²) in [6, 6.07) is 9.84. The molecule has 5 heteroatoms. The second-order valence-corrected chi connectivity index (χ2v) is 5.42. The Labute approximate surface area is 98.6 Å². The van der Waals surface area contributed by atoms with E-state index in [2.05, 4.69) is 5.73 Å². The molecule has 82 valence electrons. The van der Waals surface area contributed by atoms with Crippen LogP contribution in [0.2, 0.25) is 0 Å². The zero-order valence-corrected chi connectivity index (χ0v) is 9.45. The second kappa shape index (κ2) is 3.92. The van der Waals surface area contributed by atoms with Gasteiger partial charge in [0.05, 0.1) is 10.6 Å². The Balaban J connectivity index is 2.79. The van der Waals surface area contributed by atoms with Gasteiger partial charge in [-0.1, -0.05) is 23.9 Å². The molecule has 0 radical (unpaired) electrons.